The fraction of sp³-hybridized carbons (Fsp3) is 0.0345. The van der Waals surface area contributed by atoms with Gasteiger partial charge in [-0.3, -0.25) is 4.90 Å². The van der Waals surface area contributed by atoms with E-state index in [9.17, 15) is 0 Å². The Kier molecular flexibility index (Phi) is 7.70. The molecule has 4 aromatic rings. The van der Waals surface area contributed by atoms with Crippen LogP contribution in [0, 0.1) is 0 Å². The summed E-state index contributed by atoms with van der Waals surface area (Å²) >= 11 is 2.99. The molecule has 0 unspecified atom stereocenters. The van der Waals surface area contributed by atoms with Crippen LogP contribution >= 0.6 is 23.5 Å². The van der Waals surface area contributed by atoms with Crippen LogP contribution in [0.4, 0.5) is 22.7 Å². The zero-order chi connectivity index (χ0) is 24.6. The van der Waals surface area contributed by atoms with Crippen molar-refractivity contribution in [2.75, 3.05) is 11.2 Å². The van der Waals surface area contributed by atoms with Gasteiger partial charge in [-0.05, 0) is 66.5 Å². The summed E-state index contributed by atoms with van der Waals surface area (Å²) in [7, 11) is 0. The van der Waals surface area contributed by atoms with Crippen molar-refractivity contribution in [2.45, 2.75) is 0 Å². The summed E-state index contributed by atoms with van der Waals surface area (Å²) in [6, 6.07) is 39.8. The molecule has 1 fully saturated rings. The Bertz CT molecular complexity index is 1420. The van der Waals surface area contributed by atoms with Crippen LogP contribution in [0.25, 0.3) is 0 Å². The van der Waals surface area contributed by atoms with Gasteiger partial charge < -0.3 is 0 Å². The first-order chi connectivity index (χ1) is 17.8. The van der Waals surface area contributed by atoms with Crippen LogP contribution in [0.2, 0.25) is 0 Å². The number of hydrogen-bond acceptors (Lipinski definition) is 5. The van der Waals surface area contributed by atoms with Gasteiger partial charge in [-0.2, -0.15) is 4.99 Å². The summed E-state index contributed by atoms with van der Waals surface area (Å²) in [5, 5.41) is 2.17. The molecule has 0 atom stereocenters. The van der Waals surface area contributed by atoms with E-state index in [1.54, 1.807) is 0 Å². The lowest BCUT2D eigenvalue weighted by Gasteiger charge is -2.18. The Morgan fingerprint density at radius 3 is 1.69 bits per heavy atom. The van der Waals surface area contributed by atoms with E-state index in [4.69, 9.17) is 20.0 Å². The molecule has 1 saturated heterocycles. The van der Waals surface area contributed by atoms with E-state index in [1.165, 1.54) is 23.5 Å². The van der Waals surface area contributed by atoms with Gasteiger partial charge >= 0.3 is 0 Å². The predicted octanol–water partition coefficient (Wildman–Crippen LogP) is 8.11. The van der Waals surface area contributed by atoms with Crippen LogP contribution in [-0.4, -0.2) is 27.5 Å². The zero-order valence-electron chi connectivity index (χ0n) is 19.6. The molecule has 5 rings (SSSR count). The second kappa shape index (κ2) is 11.7. The second-order valence-electron chi connectivity index (χ2n) is 7.62. The lowest BCUT2D eigenvalue weighted by Crippen LogP contribution is -2.31. The molecule has 0 bridgehead atoms. The largest absolute Gasteiger partial charge is 0.271 e. The van der Waals surface area contributed by atoms with Gasteiger partial charge in [-0.25, -0.2) is 15.0 Å². The van der Waals surface area contributed by atoms with Gasteiger partial charge in [0.15, 0.2) is 16.2 Å². The molecule has 0 aliphatic carbocycles. The van der Waals surface area contributed by atoms with Crippen molar-refractivity contribution in [3.8, 4) is 0 Å². The summed E-state index contributed by atoms with van der Waals surface area (Å²) in [5.41, 5.74) is 3.52. The van der Waals surface area contributed by atoms with Crippen molar-refractivity contribution < 1.29 is 0 Å². The molecule has 0 spiro atoms. The van der Waals surface area contributed by atoms with E-state index < -0.39 is 0 Å². The Balaban J connectivity index is 1.67. The Labute approximate surface area is 219 Å². The molecule has 0 saturated carbocycles. The Hall–Kier alpha value is -3.94. The molecule has 0 N–H and O–H groups in total. The smallest absolute Gasteiger partial charge is 0.190 e. The minimum absolute atomic E-state index is 0.657. The average Bonchev–Trinajstić information content (AvgIpc) is 3.26. The number of benzene rings is 4. The summed E-state index contributed by atoms with van der Waals surface area (Å²) < 4.78 is 0. The summed E-state index contributed by atoms with van der Waals surface area (Å²) in [5.74, 6) is 0.722. The number of thioether (sulfide) groups is 2. The van der Waals surface area contributed by atoms with Crippen molar-refractivity contribution in [2.24, 2.45) is 20.0 Å². The average molecular weight is 506 g/mol. The fourth-order valence-electron chi connectivity index (χ4n) is 3.47. The second-order valence-corrected chi connectivity index (χ2v) is 9.35. The van der Waals surface area contributed by atoms with Crippen LogP contribution in [0.1, 0.15) is 0 Å². The molecule has 1 aliphatic heterocycles. The van der Waals surface area contributed by atoms with Crippen molar-refractivity contribution in [3.05, 3.63) is 121 Å². The molecule has 0 amide bonds. The normalized spacial score (nSPS) is 17.3. The quantitative estimate of drug-likeness (QED) is 0.208. The standard InChI is InChI=1S/C29H23N5S2/c1-35-28(32-24-18-10-4-11-19-24)33-29-34(25-20-12-5-13-21-25)26(30-22-14-6-2-7-15-22)27(36-29)31-23-16-8-3-9-17-23/h2-21H,1H3. The van der Waals surface area contributed by atoms with Crippen LogP contribution in [-0.2, 0) is 0 Å². The van der Waals surface area contributed by atoms with Crippen molar-refractivity contribution in [3.63, 3.8) is 0 Å². The van der Waals surface area contributed by atoms with Gasteiger partial charge in [-0.15, -0.1) is 0 Å². The highest BCUT2D eigenvalue weighted by molar-refractivity contribution is 8.29. The zero-order valence-corrected chi connectivity index (χ0v) is 21.2. The highest BCUT2D eigenvalue weighted by atomic mass is 32.2. The maximum Gasteiger partial charge on any atom is 0.190 e. The highest BCUT2D eigenvalue weighted by Gasteiger charge is 2.35. The monoisotopic (exact) mass is 505 g/mol. The van der Waals surface area contributed by atoms with E-state index >= 15 is 0 Å². The molecule has 4 aromatic carbocycles. The third kappa shape index (κ3) is 5.82. The van der Waals surface area contributed by atoms with Gasteiger partial charge in [0.1, 0.15) is 5.04 Å². The maximum absolute atomic E-state index is 5.02. The number of aliphatic imine (C=N–C) groups is 4. The number of anilines is 1. The third-order valence-corrected chi connectivity index (χ3v) is 6.60. The highest BCUT2D eigenvalue weighted by Crippen LogP contribution is 2.33. The number of nitrogens with zero attached hydrogens (tertiary/aromatic N) is 5. The van der Waals surface area contributed by atoms with E-state index in [1.807, 2.05) is 115 Å². The first-order valence-electron chi connectivity index (χ1n) is 11.4. The van der Waals surface area contributed by atoms with E-state index in [0.717, 1.165) is 38.8 Å². The van der Waals surface area contributed by atoms with E-state index in [0.29, 0.717) is 5.17 Å². The fourth-order valence-corrected chi connectivity index (χ4v) is 4.87. The number of para-hydroxylation sites is 4. The predicted molar refractivity (Wildman–Crippen MR) is 158 cm³/mol. The molecule has 176 valence electrons. The summed E-state index contributed by atoms with van der Waals surface area (Å²) in [6.45, 7) is 0. The molecule has 7 heteroatoms. The molecule has 0 aromatic heterocycles. The Morgan fingerprint density at radius 1 is 0.639 bits per heavy atom. The van der Waals surface area contributed by atoms with Crippen LogP contribution in [0.3, 0.4) is 0 Å². The molecule has 1 heterocycles. The van der Waals surface area contributed by atoms with Crippen molar-refractivity contribution in [1.29, 1.82) is 0 Å². The van der Waals surface area contributed by atoms with Crippen LogP contribution in [0.15, 0.2) is 141 Å². The molecule has 36 heavy (non-hydrogen) atoms. The lowest BCUT2D eigenvalue weighted by atomic mass is 10.3. The van der Waals surface area contributed by atoms with E-state index in [2.05, 4.69) is 17.0 Å². The molecule has 1 aliphatic rings. The van der Waals surface area contributed by atoms with Gasteiger partial charge in [0.05, 0.1) is 17.1 Å². The summed E-state index contributed by atoms with van der Waals surface area (Å²) in [6.07, 6.45) is 1.98. The van der Waals surface area contributed by atoms with Crippen LogP contribution in [0.5, 0.6) is 0 Å². The number of hydrogen-bond donors (Lipinski definition) is 0. The van der Waals surface area contributed by atoms with Gasteiger partial charge in [-0.1, -0.05) is 84.6 Å². The van der Waals surface area contributed by atoms with Gasteiger partial charge in [0, 0.05) is 5.69 Å². The number of rotatable bonds is 4. The minimum atomic E-state index is 0.657. The topological polar surface area (TPSA) is 52.7 Å². The first kappa shape index (κ1) is 23.8. The van der Waals surface area contributed by atoms with Gasteiger partial charge in [0.2, 0.25) is 0 Å². The lowest BCUT2D eigenvalue weighted by molar-refractivity contribution is 1.40. The van der Waals surface area contributed by atoms with Crippen molar-refractivity contribution in [1.82, 2.24) is 0 Å². The minimum Gasteiger partial charge on any atom is -0.271 e. The SMILES string of the molecule is CSC(=Nc1ccccc1)N=C1SC(=Nc2ccccc2)C(=Nc2ccccc2)N1c1ccccc1. The van der Waals surface area contributed by atoms with Crippen LogP contribution < -0.4 is 4.90 Å². The first-order valence-corrected chi connectivity index (χ1v) is 13.4. The maximum atomic E-state index is 5.02. The molecular weight excluding hydrogens is 482 g/mol. The summed E-state index contributed by atoms with van der Waals surface area (Å²) in [4.78, 5) is 21.8. The molecule has 5 nitrogen and oxygen atoms in total. The van der Waals surface area contributed by atoms with Crippen molar-refractivity contribution >= 4 is 67.5 Å². The Morgan fingerprint density at radius 2 is 1.14 bits per heavy atom. The number of amidine groups is 3. The third-order valence-electron chi connectivity index (χ3n) is 5.13. The van der Waals surface area contributed by atoms with Gasteiger partial charge in [0.25, 0.3) is 0 Å². The molecular formula is C29H23N5S2. The molecule has 0 radical (unpaired) electrons. The van der Waals surface area contributed by atoms with E-state index in [-0.39, 0.29) is 0 Å².